The monoisotopic (exact) mass is 299 g/mol. The van der Waals surface area contributed by atoms with Crippen molar-refractivity contribution in [2.75, 3.05) is 66.7 Å². The predicted octanol–water partition coefficient (Wildman–Crippen LogP) is 1.45. The maximum absolute atomic E-state index is 5.34. The summed E-state index contributed by atoms with van der Waals surface area (Å²) in [5.41, 5.74) is 0. The highest BCUT2D eigenvalue weighted by molar-refractivity contribution is 4.92. The Hall–Kier alpha value is -0.200. The Labute approximate surface area is 130 Å². The fourth-order valence-corrected chi connectivity index (χ4v) is 3.84. The molecule has 2 saturated heterocycles. The van der Waals surface area contributed by atoms with E-state index < -0.39 is 0 Å². The summed E-state index contributed by atoms with van der Waals surface area (Å²) in [6.07, 6.45) is 5.26. The minimum Gasteiger partial charge on any atom is -0.383 e. The highest BCUT2D eigenvalue weighted by atomic mass is 16.5. The zero-order valence-electron chi connectivity index (χ0n) is 14.1. The first-order chi connectivity index (χ1) is 10.2. The van der Waals surface area contributed by atoms with E-state index in [4.69, 9.17) is 9.47 Å². The van der Waals surface area contributed by atoms with Crippen LogP contribution >= 0.6 is 0 Å². The van der Waals surface area contributed by atoms with Crippen molar-refractivity contribution < 1.29 is 9.47 Å². The van der Waals surface area contributed by atoms with E-state index >= 15 is 0 Å². The molecule has 0 atom stereocenters. The Bertz CT molecular complexity index is 279. The van der Waals surface area contributed by atoms with Gasteiger partial charge in [0.15, 0.2) is 0 Å². The second kappa shape index (κ2) is 8.44. The van der Waals surface area contributed by atoms with E-state index in [2.05, 4.69) is 21.6 Å². The van der Waals surface area contributed by atoms with Gasteiger partial charge in [-0.2, -0.15) is 0 Å². The molecule has 0 saturated carbocycles. The molecule has 2 fully saturated rings. The summed E-state index contributed by atoms with van der Waals surface area (Å²) in [7, 11) is 3.59. The Morgan fingerprint density at radius 2 is 1.29 bits per heavy atom. The number of rotatable bonds is 7. The second-order valence-corrected chi connectivity index (χ2v) is 6.33. The largest absolute Gasteiger partial charge is 0.383 e. The third-order valence-electron chi connectivity index (χ3n) is 5.14. The molecule has 0 bridgehead atoms. The molecular formula is C16H33N3O2. The van der Waals surface area contributed by atoms with Crippen LogP contribution < -0.4 is 0 Å². The lowest BCUT2D eigenvalue weighted by atomic mass is 10.0. The van der Waals surface area contributed by atoms with Crippen LogP contribution in [0.15, 0.2) is 0 Å². The molecule has 5 nitrogen and oxygen atoms in total. The van der Waals surface area contributed by atoms with Crippen LogP contribution in [0.5, 0.6) is 0 Å². The van der Waals surface area contributed by atoms with Gasteiger partial charge in [0.25, 0.3) is 0 Å². The normalized spacial score (nSPS) is 25.3. The Balaban J connectivity index is 2.13. The first kappa shape index (κ1) is 17.2. The van der Waals surface area contributed by atoms with Crippen molar-refractivity contribution in [3.05, 3.63) is 0 Å². The third-order valence-corrected chi connectivity index (χ3v) is 5.14. The van der Waals surface area contributed by atoms with E-state index in [1.54, 1.807) is 14.2 Å². The standard InChI is InChI=1S/C16H33N3O2/c1-16(17-8-5-4-6-9-17)18(12-14-20-2)10-7-11-19(16)13-15-21-3/h4-15H2,1-3H3. The minimum absolute atomic E-state index is 0.0235. The molecule has 0 radical (unpaired) electrons. The van der Waals surface area contributed by atoms with Crippen molar-refractivity contribution in [2.24, 2.45) is 0 Å². The number of ether oxygens (including phenoxy) is 2. The SMILES string of the molecule is COCCN1CCCN(CCOC)C1(C)N1CCCCC1. The van der Waals surface area contributed by atoms with Crippen molar-refractivity contribution >= 4 is 0 Å². The average Bonchev–Trinajstić information content (AvgIpc) is 2.53. The van der Waals surface area contributed by atoms with Crippen LogP contribution in [-0.2, 0) is 9.47 Å². The maximum atomic E-state index is 5.34. The van der Waals surface area contributed by atoms with Crippen LogP contribution in [0.1, 0.15) is 32.6 Å². The lowest BCUT2D eigenvalue weighted by Gasteiger charge is -2.58. The Morgan fingerprint density at radius 1 is 0.762 bits per heavy atom. The van der Waals surface area contributed by atoms with Crippen molar-refractivity contribution in [3.8, 4) is 0 Å². The maximum Gasteiger partial charge on any atom is 0.128 e. The fourth-order valence-electron chi connectivity index (χ4n) is 3.84. The number of piperidine rings is 1. The van der Waals surface area contributed by atoms with Gasteiger partial charge in [0, 0.05) is 53.5 Å². The highest BCUT2D eigenvalue weighted by Gasteiger charge is 2.45. The second-order valence-electron chi connectivity index (χ2n) is 6.33. The zero-order valence-corrected chi connectivity index (χ0v) is 14.1. The van der Waals surface area contributed by atoms with Crippen molar-refractivity contribution in [1.82, 2.24) is 14.7 Å². The van der Waals surface area contributed by atoms with Gasteiger partial charge in [-0.15, -0.1) is 0 Å². The van der Waals surface area contributed by atoms with Crippen molar-refractivity contribution in [1.29, 1.82) is 0 Å². The molecule has 0 N–H and O–H groups in total. The van der Waals surface area contributed by atoms with Gasteiger partial charge in [-0.1, -0.05) is 6.42 Å². The molecule has 21 heavy (non-hydrogen) atoms. The highest BCUT2D eigenvalue weighted by Crippen LogP contribution is 2.31. The van der Waals surface area contributed by atoms with Gasteiger partial charge in [0.2, 0.25) is 0 Å². The van der Waals surface area contributed by atoms with Crippen LogP contribution in [0.2, 0.25) is 0 Å². The van der Waals surface area contributed by atoms with Crippen molar-refractivity contribution in [2.45, 2.75) is 38.4 Å². The molecule has 0 aliphatic carbocycles. The minimum atomic E-state index is 0.0235. The van der Waals surface area contributed by atoms with Crippen LogP contribution in [0, 0.1) is 0 Å². The van der Waals surface area contributed by atoms with Crippen LogP contribution in [0.3, 0.4) is 0 Å². The summed E-state index contributed by atoms with van der Waals surface area (Å²) in [5.74, 6) is 0.0235. The number of methoxy groups -OCH3 is 2. The molecule has 2 rings (SSSR count). The van der Waals surface area contributed by atoms with E-state index in [0.29, 0.717) is 0 Å². The topological polar surface area (TPSA) is 28.2 Å². The third kappa shape index (κ3) is 3.96. The molecule has 0 unspecified atom stereocenters. The first-order valence-corrected chi connectivity index (χ1v) is 8.46. The summed E-state index contributed by atoms with van der Waals surface area (Å²) in [5, 5.41) is 0. The Kier molecular flexibility index (Phi) is 6.89. The van der Waals surface area contributed by atoms with E-state index in [9.17, 15) is 0 Å². The molecular weight excluding hydrogens is 266 g/mol. The van der Waals surface area contributed by atoms with E-state index in [1.165, 1.54) is 51.9 Å². The summed E-state index contributed by atoms with van der Waals surface area (Å²) in [6.45, 7) is 10.8. The molecule has 2 aliphatic heterocycles. The van der Waals surface area contributed by atoms with Crippen LogP contribution in [0.4, 0.5) is 0 Å². The summed E-state index contributed by atoms with van der Waals surface area (Å²) >= 11 is 0. The molecule has 5 heteroatoms. The van der Waals surface area contributed by atoms with Gasteiger partial charge >= 0.3 is 0 Å². The quantitative estimate of drug-likeness (QED) is 0.709. The van der Waals surface area contributed by atoms with Gasteiger partial charge in [0.05, 0.1) is 13.2 Å². The smallest absolute Gasteiger partial charge is 0.128 e. The summed E-state index contributed by atoms with van der Waals surface area (Å²) < 4.78 is 10.7. The fraction of sp³-hybridized carbons (Fsp3) is 1.00. The van der Waals surface area contributed by atoms with E-state index in [1.807, 2.05) is 0 Å². The molecule has 2 aliphatic rings. The molecule has 0 aromatic rings. The molecule has 124 valence electrons. The molecule has 0 aromatic carbocycles. The van der Waals surface area contributed by atoms with Crippen molar-refractivity contribution in [3.63, 3.8) is 0 Å². The van der Waals surface area contributed by atoms with Gasteiger partial charge in [-0.05, 0) is 26.2 Å². The Morgan fingerprint density at radius 3 is 1.76 bits per heavy atom. The zero-order chi connectivity index (χ0) is 15.1. The number of hydrogen-bond donors (Lipinski definition) is 0. The average molecular weight is 299 g/mol. The summed E-state index contributed by atoms with van der Waals surface area (Å²) in [6, 6.07) is 0. The molecule has 2 heterocycles. The molecule has 0 aromatic heterocycles. The van der Waals surface area contributed by atoms with Crippen LogP contribution in [-0.4, -0.2) is 87.2 Å². The number of hydrogen-bond acceptors (Lipinski definition) is 5. The van der Waals surface area contributed by atoms with E-state index in [-0.39, 0.29) is 5.79 Å². The lowest BCUT2D eigenvalue weighted by molar-refractivity contribution is -0.190. The lowest BCUT2D eigenvalue weighted by Crippen LogP contribution is -2.72. The molecule has 0 spiro atoms. The predicted molar refractivity (Wildman–Crippen MR) is 85.3 cm³/mol. The number of likely N-dealkylation sites (tertiary alicyclic amines) is 1. The number of nitrogens with zero attached hydrogens (tertiary/aromatic N) is 3. The van der Waals surface area contributed by atoms with Crippen LogP contribution in [0.25, 0.3) is 0 Å². The van der Waals surface area contributed by atoms with Gasteiger partial charge in [-0.3, -0.25) is 14.7 Å². The first-order valence-electron chi connectivity index (χ1n) is 8.46. The van der Waals surface area contributed by atoms with Gasteiger partial charge in [-0.25, -0.2) is 0 Å². The van der Waals surface area contributed by atoms with E-state index in [0.717, 1.165) is 26.3 Å². The summed E-state index contributed by atoms with van der Waals surface area (Å²) in [4.78, 5) is 7.91. The van der Waals surface area contributed by atoms with Gasteiger partial charge < -0.3 is 9.47 Å². The van der Waals surface area contributed by atoms with Gasteiger partial charge in [0.1, 0.15) is 5.79 Å². The molecule has 0 amide bonds.